The van der Waals surface area contributed by atoms with Gasteiger partial charge in [0, 0.05) is 29.4 Å². The monoisotopic (exact) mass is 586 g/mol. The van der Waals surface area contributed by atoms with Crippen LogP contribution in [0.15, 0.2) is 62.5 Å². The molecule has 0 spiro atoms. The first-order valence-electron chi connectivity index (χ1n) is 12.9. The minimum atomic E-state index is -4.14. The van der Waals surface area contributed by atoms with E-state index in [-0.39, 0.29) is 36.3 Å². The van der Waals surface area contributed by atoms with Crippen LogP contribution < -0.4 is 9.21 Å². The molecule has 2 aromatic heterocycles. The molecule has 4 aromatic rings. The average molecular weight is 587 g/mol. The molecule has 0 aliphatic heterocycles. The fourth-order valence-electron chi connectivity index (χ4n) is 4.69. The van der Waals surface area contributed by atoms with Gasteiger partial charge in [0.15, 0.2) is 0 Å². The Hall–Kier alpha value is -3.76. The predicted molar refractivity (Wildman–Crippen MR) is 154 cm³/mol. The number of furan rings is 2. The van der Waals surface area contributed by atoms with Crippen molar-refractivity contribution in [3.63, 3.8) is 0 Å². The van der Waals surface area contributed by atoms with E-state index in [1.807, 2.05) is 6.92 Å². The molecule has 0 unspecified atom stereocenters. The van der Waals surface area contributed by atoms with Gasteiger partial charge in [-0.1, -0.05) is 18.5 Å². The fourth-order valence-corrected chi connectivity index (χ4v) is 6.49. The molecule has 11 heteroatoms. The van der Waals surface area contributed by atoms with E-state index in [1.165, 1.54) is 40.6 Å². The summed E-state index contributed by atoms with van der Waals surface area (Å²) < 4.78 is 45.8. The maximum absolute atomic E-state index is 14.2. The lowest BCUT2D eigenvalue weighted by atomic mass is 10.1. The van der Waals surface area contributed by atoms with Crippen molar-refractivity contribution in [2.24, 2.45) is 0 Å². The smallest absolute Gasteiger partial charge is 0.374 e. The van der Waals surface area contributed by atoms with E-state index in [2.05, 4.69) is 0 Å². The number of benzene rings is 2. The fraction of sp³-hybridized carbons (Fsp3) is 0.310. The van der Waals surface area contributed by atoms with Gasteiger partial charge < -0.3 is 18.5 Å². The number of halogens is 1. The maximum Gasteiger partial charge on any atom is 0.374 e. The molecule has 0 radical (unpaired) electrons. The molecule has 1 amide bonds. The lowest BCUT2D eigenvalue weighted by molar-refractivity contribution is -0.116. The van der Waals surface area contributed by atoms with Gasteiger partial charge in [-0.2, -0.15) is 0 Å². The van der Waals surface area contributed by atoms with Crippen LogP contribution in [0.2, 0.25) is 5.02 Å². The molecule has 0 saturated carbocycles. The van der Waals surface area contributed by atoms with Crippen LogP contribution in [0.4, 0.5) is 11.4 Å². The molecule has 0 saturated heterocycles. The van der Waals surface area contributed by atoms with Crippen LogP contribution in [0, 0.1) is 6.92 Å². The second kappa shape index (κ2) is 11.8. The lowest BCUT2D eigenvalue weighted by Gasteiger charge is -2.32. The van der Waals surface area contributed by atoms with Crippen LogP contribution in [0.25, 0.3) is 11.0 Å². The normalized spacial score (nSPS) is 11.6. The van der Waals surface area contributed by atoms with E-state index in [1.54, 1.807) is 45.0 Å². The molecule has 40 heavy (non-hydrogen) atoms. The highest BCUT2D eigenvalue weighted by molar-refractivity contribution is 7.92. The lowest BCUT2D eigenvalue weighted by Crippen LogP contribution is -2.35. The number of hydrogen-bond acceptors (Lipinski definition) is 7. The van der Waals surface area contributed by atoms with Gasteiger partial charge in [-0.15, -0.1) is 0 Å². The van der Waals surface area contributed by atoms with Crippen molar-refractivity contribution in [1.82, 2.24) is 0 Å². The summed E-state index contributed by atoms with van der Waals surface area (Å²) >= 11 is 6.57. The van der Waals surface area contributed by atoms with Gasteiger partial charge in [-0.25, -0.2) is 13.2 Å². The number of carbonyl (C=O) groups is 2. The second-order valence-electron chi connectivity index (χ2n) is 9.04. The van der Waals surface area contributed by atoms with Crippen LogP contribution in [-0.2, 0) is 32.5 Å². The Morgan fingerprint density at radius 3 is 2.42 bits per heavy atom. The van der Waals surface area contributed by atoms with Crippen LogP contribution >= 0.6 is 11.6 Å². The first-order valence-corrected chi connectivity index (χ1v) is 14.7. The van der Waals surface area contributed by atoms with Crippen LogP contribution in [0.5, 0.6) is 0 Å². The highest BCUT2D eigenvalue weighted by atomic mass is 35.5. The topological polar surface area (TPSA) is 110 Å². The van der Waals surface area contributed by atoms with Crippen molar-refractivity contribution in [3.8, 4) is 0 Å². The number of fused-ring (bicyclic) bond motifs is 1. The van der Waals surface area contributed by atoms with Crippen molar-refractivity contribution in [3.05, 3.63) is 76.4 Å². The number of aryl methyl sites for hydroxylation is 1. The van der Waals surface area contributed by atoms with Gasteiger partial charge in [0.1, 0.15) is 11.3 Å². The molecular formula is C29H31ClN2O7S. The number of sulfonamides is 1. The molecule has 212 valence electrons. The molecule has 2 aromatic carbocycles. The third kappa shape index (κ3) is 5.33. The standard InChI is InChI=1S/C29H31ClN2O7S/c1-6-22-24(30)12-13-25(27(22)31(19(5)33)17-20-10-9-15-38-20)32(7-2)40(35,36)21-11-14-26-23(16-21)18(4)28(39-26)29(34)37-8-3/h9-16H,6-8,17H2,1-5H3. The zero-order valence-electron chi connectivity index (χ0n) is 23.0. The van der Waals surface area contributed by atoms with E-state index in [9.17, 15) is 18.0 Å². The first-order chi connectivity index (χ1) is 19.0. The average Bonchev–Trinajstić information content (AvgIpc) is 3.55. The molecule has 0 fully saturated rings. The summed E-state index contributed by atoms with van der Waals surface area (Å²) in [5.74, 6) is -0.353. The Balaban J connectivity index is 1.87. The summed E-state index contributed by atoms with van der Waals surface area (Å²) in [6.45, 7) is 8.73. The number of rotatable bonds is 10. The molecule has 0 bridgehead atoms. The van der Waals surface area contributed by atoms with Gasteiger partial charge in [0.25, 0.3) is 10.0 Å². The number of carbonyl (C=O) groups excluding carboxylic acids is 2. The Morgan fingerprint density at radius 1 is 1.07 bits per heavy atom. The van der Waals surface area contributed by atoms with Gasteiger partial charge in [0.2, 0.25) is 11.7 Å². The summed E-state index contributed by atoms with van der Waals surface area (Å²) in [5, 5.41) is 0.899. The Labute approximate surface area is 238 Å². The first kappa shape index (κ1) is 29.2. The molecule has 0 aliphatic carbocycles. The molecule has 0 atom stereocenters. The number of hydrogen-bond donors (Lipinski definition) is 0. The number of ether oxygens (including phenoxy) is 1. The van der Waals surface area contributed by atoms with Crippen molar-refractivity contribution < 1.29 is 31.6 Å². The molecule has 0 N–H and O–H groups in total. The summed E-state index contributed by atoms with van der Waals surface area (Å²) in [6.07, 6.45) is 1.97. The summed E-state index contributed by atoms with van der Waals surface area (Å²) in [6, 6.07) is 11.1. The minimum absolute atomic E-state index is 0.000479. The highest BCUT2D eigenvalue weighted by Crippen LogP contribution is 2.41. The zero-order valence-corrected chi connectivity index (χ0v) is 24.6. The van der Waals surface area contributed by atoms with E-state index >= 15 is 0 Å². The molecule has 9 nitrogen and oxygen atoms in total. The van der Waals surface area contributed by atoms with Crippen LogP contribution in [-0.4, -0.2) is 33.4 Å². The maximum atomic E-state index is 14.2. The predicted octanol–water partition coefficient (Wildman–Crippen LogP) is 6.50. The number of esters is 1. The number of nitrogens with zero attached hydrogens (tertiary/aromatic N) is 2. The SMILES string of the molecule is CCOC(=O)c1oc2ccc(S(=O)(=O)N(CC)c3ccc(Cl)c(CC)c3N(Cc3ccco3)C(C)=O)cc2c1C. The molecule has 0 aliphatic rings. The van der Waals surface area contributed by atoms with Gasteiger partial charge in [-0.05, 0) is 75.2 Å². The van der Waals surface area contributed by atoms with E-state index < -0.39 is 16.0 Å². The van der Waals surface area contributed by atoms with Crippen molar-refractivity contribution in [2.45, 2.75) is 52.5 Å². The Bertz CT molecular complexity index is 1660. The van der Waals surface area contributed by atoms with Crippen LogP contribution in [0.3, 0.4) is 0 Å². The number of anilines is 2. The Kier molecular flexibility index (Phi) is 8.60. The van der Waals surface area contributed by atoms with E-state index in [0.717, 1.165) is 0 Å². The van der Waals surface area contributed by atoms with Crippen molar-refractivity contribution in [2.75, 3.05) is 22.4 Å². The number of amides is 1. The molecule has 2 heterocycles. The third-order valence-corrected chi connectivity index (χ3v) is 8.85. The quantitative estimate of drug-likeness (QED) is 0.195. The summed E-state index contributed by atoms with van der Waals surface area (Å²) in [7, 11) is -4.14. The minimum Gasteiger partial charge on any atom is -0.467 e. The molecular weight excluding hydrogens is 556 g/mol. The van der Waals surface area contributed by atoms with Crippen LogP contribution in [0.1, 0.15) is 55.1 Å². The Morgan fingerprint density at radius 2 is 1.82 bits per heavy atom. The zero-order chi connectivity index (χ0) is 29.2. The van der Waals surface area contributed by atoms with Gasteiger partial charge >= 0.3 is 5.97 Å². The van der Waals surface area contributed by atoms with Gasteiger partial charge in [0.05, 0.1) is 35.7 Å². The van der Waals surface area contributed by atoms with E-state index in [0.29, 0.717) is 50.7 Å². The summed E-state index contributed by atoms with van der Waals surface area (Å²) in [5.41, 5.74) is 2.19. The van der Waals surface area contributed by atoms with Gasteiger partial charge in [-0.3, -0.25) is 9.10 Å². The van der Waals surface area contributed by atoms with E-state index in [4.69, 9.17) is 25.2 Å². The summed E-state index contributed by atoms with van der Waals surface area (Å²) in [4.78, 5) is 26.7. The third-order valence-electron chi connectivity index (χ3n) is 6.61. The van der Waals surface area contributed by atoms with Crippen molar-refractivity contribution >= 4 is 55.8 Å². The van der Waals surface area contributed by atoms with Crippen molar-refractivity contribution in [1.29, 1.82) is 0 Å². The largest absolute Gasteiger partial charge is 0.467 e. The second-order valence-corrected chi connectivity index (χ2v) is 11.3. The highest BCUT2D eigenvalue weighted by Gasteiger charge is 2.31. The molecule has 4 rings (SSSR count).